The van der Waals surface area contributed by atoms with Crippen molar-refractivity contribution in [2.75, 3.05) is 6.54 Å². The highest BCUT2D eigenvalue weighted by atomic mass is 35.5. The average molecular weight is 277 g/mol. The van der Waals surface area contributed by atoms with Gasteiger partial charge in [-0.1, -0.05) is 37.6 Å². The molecule has 0 aromatic heterocycles. The minimum absolute atomic E-state index is 0. The first-order valence-electron chi connectivity index (χ1n) is 5.29. The lowest BCUT2D eigenvalue weighted by Crippen LogP contribution is -2.36. The maximum atomic E-state index is 11.3. The van der Waals surface area contributed by atoms with Crippen LogP contribution in [0.4, 0.5) is 0 Å². The van der Waals surface area contributed by atoms with E-state index >= 15 is 0 Å². The molecule has 0 fully saturated rings. The van der Waals surface area contributed by atoms with Crippen LogP contribution < -0.4 is 11.1 Å². The van der Waals surface area contributed by atoms with Gasteiger partial charge >= 0.3 is 0 Å². The maximum absolute atomic E-state index is 11.3. The molecule has 5 heteroatoms. The minimum Gasteiger partial charge on any atom is -0.348 e. The molecule has 1 aromatic carbocycles. The van der Waals surface area contributed by atoms with Crippen molar-refractivity contribution in [3.05, 3.63) is 34.9 Å². The van der Waals surface area contributed by atoms with Crippen LogP contribution in [0.1, 0.15) is 25.5 Å². The standard InChI is InChI=1S/C12H17ClN2O.ClH/c1-8(2)12(15-11(16)7-14)9-3-5-10(13)6-4-9;/h3-6,8,12H,7,14H2,1-2H3,(H,15,16);1H. The normalized spacial score (nSPS) is 11.8. The number of nitrogens with two attached hydrogens (primary N) is 1. The van der Waals surface area contributed by atoms with Crippen LogP contribution in [0.2, 0.25) is 5.02 Å². The zero-order valence-corrected chi connectivity index (χ0v) is 11.5. The molecule has 0 bridgehead atoms. The highest BCUT2D eigenvalue weighted by Gasteiger charge is 2.17. The molecule has 0 spiro atoms. The van der Waals surface area contributed by atoms with Crippen molar-refractivity contribution in [1.29, 1.82) is 0 Å². The summed E-state index contributed by atoms with van der Waals surface area (Å²) < 4.78 is 0. The van der Waals surface area contributed by atoms with Gasteiger partial charge in [-0.3, -0.25) is 4.79 Å². The molecule has 1 rings (SSSR count). The lowest BCUT2D eigenvalue weighted by molar-refractivity contribution is -0.120. The summed E-state index contributed by atoms with van der Waals surface area (Å²) in [7, 11) is 0. The van der Waals surface area contributed by atoms with Gasteiger partial charge in [0.25, 0.3) is 0 Å². The Morgan fingerprint density at radius 3 is 2.29 bits per heavy atom. The van der Waals surface area contributed by atoms with E-state index in [-0.39, 0.29) is 30.9 Å². The van der Waals surface area contributed by atoms with Crippen LogP contribution >= 0.6 is 24.0 Å². The summed E-state index contributed by atoms with van der Waals surface area (Å²) in [5.74, 6) is 0.158. The van der Waals surface area contributed by atoms with E-state index in [4.69, 9.17) is 17.3 Å². The van der Waals surface area contributed by atoms with Crippen LogP contribution in [0.25, 0.3) is 0 Å². The second-order valence-electron chi connectivity index (χ2n) is 4.04. The summed E-state index contributed by atoms with van der Waals surface area (Å²) >= 11 is 5.82. The van der Waals surface area contributed by atoms with E-state index in [0.717, 1.165) is 5.56 Å². The van der Waals surface area contributed by atoms with Crippen LogP contribution in [0.3, 0.4) is 0 Å². The van der Waals surface area contributed by atoms with Crippen molar-refractivity contribution in [3.8, 4) is 0 Å². The third-order valence-electron chi connectivity index (χ3n) is 2.40. The van der Waals surface area contributed by atoms with Gasteiger partial charge in [0.05, 0.1) is 12.6 Å². The Kier molecular flexibility index (Phi) is 7.19. The van der Waals surface area contributed by atoms with Crippen LogP contribution in [0.5, 0.6) is 0 Å². The third-order valence-corrected chi connectivity index (χ3v) is 2.65. The van der Waals surface area contributed by atoms with Gasteiger partial charge in [0.15, 0.2) is 0 Å². The van der Waals surface area contributed by atoms with Crippen molar-refractivity contribution in [2.45, 2.75) is 19.9 Å². The number of amides is 1. The average Bonchev–Trinajstić information content (AvgIpc) is 2.26. The van der Waals surface area contributed by atoms with Gasteiger partial charge in [-0.05, 0) is 23.6 Å². The monoisotopic (exact) mass is 276 g/mol. The molecule has 0 aliphatic carbocycles. The Balaban J connectivity index is 0.00000256. The molecular formula is C12H18Cl2N2O. The minimum atomic E-state index is -0.145. The molecule has 1 atom stereocenters. The molecular weight excluding hydrogens is 259 g/mol. The number of hydrogen-bond acceptors (Lipinski definition) is 2. The van der Waals surface area contributed by atoms with E-state index in [1.54, 1.807) is 0 Å². The van der Waals surface area contributed by atoms with Crippen molar-refractivity contribution in [2.24, 2.45) is 11.7 Å². The lowest BCUT2D eigenvalue weighted by Gasteiger charge is -2.22. The number of halogens is 2. The molecule has 3 nitrogen and oxygen atoms in total. The number of carbonyl (C=O) groups excluding carboxylic acids is 1. The smallest absolute Gasteiger partial charge is 0.234 e. The van der Waals surface area contributed by atoms with Crippen LogP contribution in [0.15, 0.2) is 24.3 Å². The topological polar surface area (TPSA) is 55.1 Å². The predicted octanol–water partition coefficient (Wildman–Crippen LogP) is 2.53. The van der Waals surface area contributed by atoms with Gasteiger partial charge in [-0.15, -0.1) is 12.4 Å². The van der Waals surface area contributed by atoms with Crippen molar-refractivity contribution in [1.82, 2.24) is 5.32 Å². The SMILES string of the molecule is CC(C)C(NC(=O)CN)c1ccc(Cl)cc1.Cl. The highest BCUT2D eigenvalue weighted by Crippen LogP contribution is 2.22. The van der Waals surface area contributed by atoms with E-state index in [2.05, 4.69) is 19.2 Å². The summed E-state index contributed by atoms with van der Waals surface area (Å²) in [5.41, 5.74) is 6.33. The molecule has 1 amide bonds. The van der Waals surface area contributed by atoms with E-state index < -0.39 is 0 Å². The van der Waals surface area contributed by atoms with Gasteiger partial charge in [0, 0.05) is 5.02 Å². The number of rotatable bonds is 4. The van der Waals surface area contributed by atoms with Gasteiger partial charge in [0.2, 0.25) is 5.91 Å². The summed E-state index contributed by atoms with van der Waals surface area (Å²) in [6.07, 6.45) is 0. The van der Waals surface area contributed by atoms with Crippen molar-refractivity contribution < 1.29 is 4.79 Å². The number of carbonyl (C=O) groups is 1. The zero-order valence-electron chi connectivity index (χ0n) is 9.94. The largest absolute Gasteiger partial charge is 0.348 e. The molecule has 0 saturated heterocycles. The second kappa shape index (κ2) is 7.54. The number of benzene rings is 1. The lowest BCUT2D eigenvalue weighted by atomic mass is 9.96. The zero-order chi connectivity index (χ0) is 12.1. The fourth-order valence-electron chi connectivity index (χ4n) is 1.54. The van der Waals surface area contributed by atoms with Gasteiger partial charge in [-0.2, -0.15) is 0 Å². The molecule has 0 saturated carbocycles. The highest BCUT2D eigenvalue weighted by molar-refractivity contribution is 6.30. The molecule has 1 unspecified atom stereocenters. The van der Waals surface area contributed by atoms with Gasteiger partial charge < -0.3 is 11.1 Å². The Hall–Kier alpha value is -0.770. The fraction of sp³-hybridized carbons (Fsp3) is 0.417. The van der Waals surface area contributed by atoms with Crippen molar-refractivity contribution >= 4 is 29.9 Å². The van der Waals surface area contributed by atoms with E-state index in [1.165, 1.54) is 0 Å². The Bertz CT molecular complexity index is 352. The Labute approximate surface area is 113 Å². The molecule has 17 heavy (non-hydrogen) atoms. The number of nitrogens with one attached hydrogen (secondary N) is 1. The van der Waals surface area contributed by atoms with Crippen LogP contribution in [-0.4, -0.2) is 12.5 Å². The fourth-order valence-corrected chi connectivity index (χ4v) is 1.66. The van der Waals surface area contributed by atoms with E-state index in [1.807, 2.05) is 24.3 Å². The third kappa shape index (κ3) is 4.94. The van der Waals surface area contributed by atoms with Gasteiger partial charge in [0.1, 0.15) is 0 Å². The summed E-state index contributed by atoms with van der Waals surface area (Å²) in [5, 5.41) is 3.59. The molecule has 1 aromatic rings. The second-order valence-corrected chi connectivity index (χ2v) is 4.48. The van der Waals surface area contributed by atoms with E-state index in [0.29, 0.717) is 10.9 Å². The Morgan fingerprint density at radius 1 is 1.35 bits per heavy atom. The first-order valence-corrected chi connectivity index (χ1v) is 5.67. The maximum Gasteiger partial charge on any atom is 0.234 e. The predicted molar refractivity (Wildman–Crippen MR) is 73.5 cm³/mol. The first kappa shape index (κ1) is 16.2. The first-order chi connectivity index (χ1) is 7.54. The molecule has 0 aliphatic rings. The van der Waals surface area contributed by atoms with Gasteiger partial charge in [-0.25, -0.2) is 0 Å². The molecule has 3 N–H and O–H groups in total. The molecule has 0 radical (unpaired) electrons. The summed E-state index contributed by atoms with van der Waals surface area (Å²) in [4.78, 5) is 11.3. The quantitative estimate of drug-likeness (QED) is 0.888. The summed E-state index contributed by atoms with van der Waals surface area (Å²) in [6.45, 7) is 4.11. The molecule has 96 valence electrons. The Morgan fingerprint density at radius 2 is 1.88 bits per heavy atom. The van der Waals surface area contributed by atoms with Crippen LogP contribution in [0, 0.1) is 5.92 Å². The molecule has 0 aliphatic heterocycles. The molecule has 0 heterocycles. The summed E-state index contributed by atoms with van der Waals surface area (Å²) in [6, 6.07) is 7.46. The number of hydrogen-bond donors (Lipinski definition) is 2. The van der Waals surface area contributed by atoms with Crippen molar-refractivity contribution in [3.63, 3.8) is 0 Å². The van der Waals surface area contributed by atoms with Crippen LogP contribution in [-0.2, 0) is 4.79 Å². The van der Waals surface area contributed by atoms with E-state index in [9.17, 15) is 4.79 Å².